The van der Waals surface area contributed by atoms with Gasteiger partial charge in [0.2, 0.25) is 0 Å². The van der Waals surface area contributed by atoms with Gasteiger partial charge in [-0.3, -0.25) is 4.68 Å². The Morgan fingerprint density at radius 2 is 2.10 bits per heavy atom. The van der Waals surface area contributed by atoms with Crippen molar-refractivity contribution in [3.05, 3.63) is 41.2 Å². The molecule has 0 saturated carbocycles. The molecule has 0 fully saturated rings. The van der Waals surface area contributed by atoms with E-state index in [4.69, 9.17) is 22.1 Å². The summed E-state index contributed by atoms with van der Waals surface area (Å²) >= 11 is 6.30. The maximum Gasteiger partial charge on any atom is 0.165 e. The summed E-state index contributed by atoms with van der Waals surface area (Å²) in [7, 11) is 0. The maximum absolute atomic E-state index is 6.30. The Kier molecular flexibility index (Phi) is 5.26. The van der Waals surface area contributed by atoms with Gasteiger partial charge in [0.05, 0.1) is 12.4 Å². The van der Waals surface area contributed by atoms with E-state index in [1.54, 1.807) is 6.20 Å². The van der Waals surface area contributed by atoms with Gasteiger partial charge in [0, 0.05) is 17.1 Å². The second kappa shape index (κ2) is 6.96. The van der Waals surface area contributed by atoms with Gasteiger partial charge in [-0.25, -0.2) is 0 Å². The summed E-state index contributed by atoms with van der Waals surface area (Å²) in [6.45, 7) is 6.21. The molecule has 1 aromatic carbocycles. The van der Waals surface area contributed by atoms with Crippen LogP contribution in [0.15, 0.2) is 30.6 Å². The average Bonchev–Trinajstić information content (AvgIpc) is 2.90. The SMILES string of the molecule is CCC(N)Cc1ccc(Oc2cnn(C(C)C)c2)cc1Cl. The number of halogens is 1. The van der Waals surface area contributed by atoms with Gasteiger partial charge in [0.15, 0.2) is 5.75 Å². The Morgan fingerprint density at radius 1 is 1.33 bits per heavy atom. The van der Waals surface area contributed by atoms with Crippen molar-refractivity contribution in [2.24, 2.45) is 5.73 Å². The van der Waals surface area contributed by atoms with E-state index in [0.29, 0.717) is 22.6 Å². The molecule has 0 aliphatic rings. The number of aromatic nitrogens is 2. The van der Waals surface area contributed by atoms with Crippen molar-refractivity contribution in [3.63, 3.8) is 0 Å². The minimum Gasteiger partial charge on any atom is -0.454 e. The summed E-state index contributed by atoms with van der Waals surface area (Å²) in [5, 5.41) is 4.93. The fraction of sp³-hybridized carbons (Fsp3) is 0.438. The summed E-state index contributed by atoms with van der Waals surface area (Å²) in [4.78, 5) is 0. The number of nitrogens with two attached hydrogens (primary N) is 1. The van der Waals surface area contributed by atoms with Crippen molar-refractivity contribution in [3.8, 4) is 11.5 Å². The normalized spacial score (nSPS) is 12.7. The van der Waals surface area contributed by atoms with Crippen molar-refractivity contribution in [2.45, 2.75) is 45.7 Å². The van der Waals surface area contributed by atoms with Crippen LogP contribution in [-0.4, -0.2) is 15.8 Å². The molecule has 0 amide bonds. The largest absolute Gasteiger partial charge is 0.454 e. The predicted molar refractivity (Wildman–Crippen MR) is 86.1 cm³/mol. The first-order valence-electron chi connectivity index (χ1n) is 7.25. The van der Waals surface area contributed by atoms with Crippen LogP contribution in [-0.2, 0) is 6.42 Å². The van der Waals surface area contributed by atoms with Crippen LogP contribution < -0.4 is 10.5 Å². The Morgan fingerprint density at radius 3 is 2.67 bits per heavy atom. The summed E-state index contributed by atoms with van der Waals surface area (Å²) in [6.07, 6.45) is 5.29. The van der Waals surface area contributed by atoms with Crippen molar-refractivity contribution < 1.29 is 4.74 Å². The number of hydrogen-bond donors (Lipinski definition) is 1. The van der Waals surface area contributed by atoms with E-state index in [1.165, 1.54) is 0 Å². The lowest BCUT2D eigenvalue weighted by Gasteiger charge is -2.11. The van der Waals surface area contributed by atoms with E-state index in [-0.39, 0.29) is 6.04 Å². The molecule has 5 heteroatoms. The molecule has 1 atom stereocenters. The van der Waals surface area contributed by atoms with Crippen LogP contribution in [0.1, 0.15) is 38.8 Å². The van der Waals surface area contributed by atoms with Crippen molar-refractivity contribution in [1.29, 1.82) is 0 Å². The highest BCUT2D eigenvalue weighted by Gasteiger charge is 2.09. The molecule has 2 N–H and O–H groups in total. The Bertz CT molecular complexity index is 595. The highest BCUT2D eigenvalue weighted by atomic mass is 35.5. The number of benzene rings is 1. The summed E-state index contributed by atoms with van der Waals surface area (Å²) in [5.41, 5.74) is 7.02. The molecule has 0 aliphatic carbocycles. The maximum atomic E-state index is 6.30. The zero-order chi connectivity index (χ0) is 15.4. The molecular weight excluding hydrogens is 286 g/mol. The third-order valence-electron chi connectivity index (χ3n) is 3.37. The number of ether oxygens (including phenoxy) is 1. The molecule has 0 aliphatic heterocycles. The average molecular weight is 308 g/mol. The van der Waals surface area contributed by atoms with Crippen LogP contribution in [0.4, 0.5) is 0 Å². The first-order chi connectivity index (χ1) is 9.99. The van der Waals surface area contributed by atoms with Gasteiger partial charge in [-0.1, -0.05) is 24.6 Å². The molecular formula is C16H22ClN3O. The van der Waals surface area contributed by atoms with Gasteiger partial charge in [-0.2, -0.15) is 5.10 Å². The van der Waals surface area contributed by atoms with Crippen molar-refractivity contribution in [1.82, 2.24) is 9.78 Å². The summed E-state index contributed by atoms with van der Waals surface area (Å²) in [6, 6.07) is 6.16. The van der Waals surface area contributed by atoms with Gasteiger partial charge >= 0.3 is 0 Å². The standard InChI is InChI=1S/C16H22ClN3O/c1-4-13(18)7-12-5-6-14(8-16(12)17)21-15-9-19-20(10-15)11(2)3/h5-6,8-11,13H,4,7,18H2,1-3H3. The van der Waals surface area contributed by atoms with Gasteiger partial charge in [0.1, 0.15) is 5.75 Å². The molecule has 21 heavy (non-hydrogen) atoms. The first-order valence-corrected chi connectivity index (χ1v) is 7.63. The molecule has 1 aromatic heterocycles. The van der Waals surface area contributed by atoms with Crippen LogP contribution in [0.3, 0.4) is 0 Å². The van der Waals surface area contributed by atoms with Crippen molar-refractivity contribution >= 4 is 11.6 Å². The predicted octanol–water partition coefficient (Wildman–Crippen LogP) is 4.19. The third-order valence-corrected chi connectivity index (χ3v) is 3.73. The molecule has 4 nitrogen and oxygen atoms in total. The quantitative estimate of drug-likeness (QED) is 0.870. The molecule has 1 heterocycles. The second-order valence-electron chi connectivity index (χ2n) is 5.48. The summed E-state index contributed by atoms with van der Waals surface area (Å²) < 4.78 is 7.63. The topological polar surface area (TPSA) is 53.1 Å². The van der Waals surface area contributed by atoms with Crippen molar-refractivity contribution in [2.75, 3.05) is 0 Å². The van der Waals surface area contributed by atoms with E-state index >= 15 is 0 Å². The number of nitrogens with zero attached hydrogens (tertiary/aromatic N) is 2. The zero-order valence-electron chi connectivity index (χ0n) is 12.7. The highest BCUT2D eigenvalue weighted by molar-refractivity contribution is 6.31. The monoisotopic (exact) mass is 307 g/mol. The fourth-order valence-electron chi connectivity index (χ4n) is 1.98. The van der Waals surface area contributed by atoms with Gasteiger partial charge in [0.25, 0.3) is 0 Å². The van der Waals surface area contributed by atoms with Gasteiger partial charge in [-0.15, -0.1) is 0 Å². The lowest BCUT2D eigenvalue weighted by molar-refractivity contribution is 0.477. The minimum atomic E-state index is 0.138. The van der Waals surface area contributed by atoms with E-state index in [9.17, 15) is 0 Å². The molecule has 0 spiro atoms. The Hall–Kier alpha value is -1.52. The first kappa shape index (κ1) is 15.9. The van der Waals surface area contributed by atoms with Crippen LogP contribution in [0.5, 0.6) is 11.5 Å². The van der Waals surface area contributed by atoms with Gasteiger partial charge in [-0.05, 0) is 44.4 Å². The van der Waals surface area contributed by atoms with E-state index in [1.807, 2.05) is 29.1 Å². The molecule has 2 rings (SSSR count). The lowest BCUT2D eigenvalue weighted by atomic mass is 10.0. The minimum absolute atomic E-state index is 0.138. The van der Waals surface area contributed by atoms with Crippen LogP contribution in [0, 0.1) is 0 Å². The molecule has 1 unspecified atom stereocenters. The van der Waals surface area contributed by atoms with E-state index < -0.39 is 0 Å². The van der Waals surface area contributed by atoms with Crippen LogP contribution in [0.25, 0.3) is 0 Å². The smallest absolute Gasteiger partial charge is 0.165 e. The Labute approximate surface area is 130 Å². The van der Waals surface area contributed by atoms with E-state index in [2.05, 4.69) is 25.9 Å². The molecule has 0 saturated heterocycles. The lowest BCUT2D eigenvalue weighted by Crippen LogP contribution is -2.21. The summed E-state index contributed by atoms with van der Waals surface area (Å²) in [5.74, 6) is 1.41. The second-order valence-corrected chi connectivity index (χ2v) is 5.88. The number of rotatable bonds is 6. The highest BCUT2D eigenvalue weighted by Crippen LogP contribution is 2.27. The third kappa shape index (κ3) is 4.22. The van der Waals surface area contributed by atoms with Crippen LogP contribution in [0.2, 0.25) is 5.02 Å². The fourth-order valence-corrected chi connectivity index (χ4v) is 2.22. The molecule has 0 radical (unpaired) electrons. The van der Waals surface area contributed by atoms with Crippen LogP contribution >= 0.6 is 11.6 Å². The molecule has 2 aromatic rings. The Balaban J connectivity index is 2.08. The zero-order valence-corrected chi connectivity index (χ0v) is 13.5. The van der Waals surface area contributed by atoms with E-state index in [0.717, 1.165) is 18.4 Å². The van der Waals surface area contributed by atoms with Gasteiger partial charge < -0.3 is 10.5 Å². The molecule has 114 valence electrons. The molecule has 0 bridgehead atoms. The number of hydrogen-bond acceptors (Lipinski definition) is 3.